The predicted octanol–water partition coefficient (Wildman–Crippen LogP) is 5.62. The molecule has 0 unspecified atom stereocenters. The van der Waals surface area contributed by atoms with Crippen molar-refractivity contribution in [2.45, 2.75) is 52.5 Å². The molecule has 4 rings (SSSR count). The highest BCUT2D eigenvalue weighted by Gasteiger charge is 2.44. The van der Waals surface area contributed by atoms with Crippen LogP contribution in [0, 0.1) is 18.8 Å². The summed E-state index contributed by atoms with van der Waals surface area (Å²) in [6, 6.07) is 18.5. The molecule has 0 bridgehead atoms. The summed E-state index contributed by atoms with van der Waals surface area (Å²) in [5, 5.41) is 9.26. The van der Waals surface area contributed by atoms with Crippen LogP contribution in [0.15, 0.2) is 65.1 Å². The second kappa shape index (κ2) is 12.2. The van der Waals surface area contributed by atoms with Gasteiger partial charge < -0.3 is 14.3 Å². The zero-order chi connectivity index (χ0) is 27.2. The Morgan fingerprint density at radius 2 is 1.82 bits per heavy atom. The summed E-state index contributed by atoms with van der Waals surface area (Å²) < 4.78 is 11.3. The first kappa shape index (κ1) is 27.3. The van der Waals surface area contributed by atoms with Gasteiger partial charge in [0.1, 0.15) is 18.3 Å². The second-order valence-electron chi connectivity index (χ2n) is 10.2. The number of ether oxygens (including phenoxy) is 1. The first-order valence-corrected chi connectivity index (χ1v) is 13.2. The van der Waals surface area contributed by atoms with Crippen molar-refractivity contribution >= 4 is 17.8 Å². The van der Waals surface area contributed by atoms with E-state index in [4.69, 9.17) is 9.15 Å². The summed E-state index contributed by atoms with van der Waals surface area (Å²) in [6.45, 7) is 6.01. The van der Waals surface area contributed by atoms with Gasteiger partial charge in [0.25, 0.3) is 0 Å². The molecule has 1 saturated heterocycles. The smallest absolute Gasteiger partial charge is 0.417 e. The van der Waals surface area contributed by atoms with Gasteiger partial charge in [-0.1, -0.05) is 74.0 Å². The molecule has 38 heavy (non-hydrogen) atoms. The molecular formula is C31H35NO6. The predicted molar refractivity (Wildman–Crippen MR) is 144 cm³/mol. The maximum atomic E-state index is 14.0. The number of ketones is 1. The maximum absolute atomic E-state index is 14.0. The monoisotopic (exact) mass is 517 g/mol. The van der Waals surface area contributed by atoms with Crippen LogP contribution < -0.4 is 0 Å². The minimum Gasteiger partial charge on any atom is -0.457 e. The number of aliphatic hydroxyl groups is 1. The highest BCUT2D eigenvalue weighted by Crippen LogP contribution is 2.32. The molecule has 2 heterocycles. The van der Waals surface area contributed by atoms with Crippen LogP contribution in [0.3, 0.4) is 0 Å². The molecule has 2 amide bonds. The van der Waals surface area contributed by atoms with Gasteiger partial charge in [-0.05, 0) is 49.3 Å². The van der Waals surface area contributed by atoms with Crippen LogP contribution >= 0.6 is 0 Å². The molecule has 2 aromatic carbocycles. The summed E-state index contributed by atoms with van der Waals surface area (Å²) in [4.78, 5) is 41.5. The molecular weight excluding hydrogens is 482 g/mol. The number of hydrogen-bond acceptors (Lipinski definition) is 6. The van der Waals surface area contributed by atoms with Crippen LogP contribution in [0.4, 0.5) is 4.79 Å². The molecule has 1 aliphatic heterocycles. The van der Waals surface area contributed by atoms with Crippen molar-refractivity contribution in [2.24, 2.45) is 11.8 Å². The number of carbonyl (C=O) groups excluding carboxylic acids is 3. The molecule has 0 saturated carbocycles. The van der Waals surface area contributed by atoms with Gasteiger partial charge in [0, 0.05) is 18.6 Å². The number of amides is 2. The van der Waals surface area contributed by atoms with Gasteiger partial charge in [0.05, 0.1) is 6.04 Å². The van der Waals surface area contributed by atoms with Crippen LogP contribution in [-0.4, -0.2) is 47.0 Å². The van der Waals surface area contributed by atoms with E-state index in [1.165, 1.54) is 0 Å². The lowest BCUT2D eigenvalue weighted by molar-refractivity contribution is -0.132. The lowest BCUT2D eigenvalue weighted by atomic mass is 9.91. The number of benzene rings is 2. The molecule has 3 aromatic rings. The topological polar surface area (TPSA) is 97.1 Å². The van der Waals surface area contributed by atoms with Gasteiger partial charge in [-0.15, -0.1) is 0 Å². The number of hydrogen-bond donors (Lipinski definition) is 1. The second-order valence-corrected chi connectivity index (χ2v) is 10.2. The Labute approximate surface area is 223 Å². The van der Waals surface area contributed by atoms with Crippen LogP contribution in [-0.2, 0) is 22.4 Å². The van der Waals surface area contributed by atoms with Gasteiger partial charge in [0.2, 0.25) is 11.7 Å². The molecule has 1 aromatic heterocycles. The minimum absolute atomic E-state index is 0.0208. The number of rotatable bonds is 11. The molecule has 0 aliphatic carbocycles. The maximum Gasteiger partial charge on any atom is 0.417 e. The summed E-state index contributed by atoms with van der Waals surface area (Å²) in [5.74, 6) is -1.49. The molecule has 7 heteroatoms. The molecule has 0 radical (unpaired) electrons. The Morgan fingerprint density at radius 3 is 2.50 bits per heavy atom. The van der Waals surface area contributed by atoms with Crippen LogP contribution in [0.25, 0.3) is 11.1 Å². The summed E-state index contributed by atoms with van der Waals surface area (Å²) in [5.41, 5.74) is 3.59. The van der Waals surface area contributed by atoms with Gasteiger partial charge in [-0.3, -0.25) is 9.59 Å². The zero-order valence-electron chi connectivity index (χ0n) is 22.2. The zero-order valence-corrected chi connectivity index (χ0v) is 22.2. The van der Waals surface area contributed by atoms with Crippen molar-refractivity contribution in [1.29, 1.82) is 0 Å². The van der Waals surface area contributed by atoms with E-state index in [0.717, 1.165) is 27.2 Å². The molecule has 1 N–H and O–H groups in total. The highest BCUT2D eigenvalue weighted by atomic mass is 16.6. The van der Waals surface area contributed by atoms with E-state index >= 15 is 0 Å². The summed E-state index contributed by atoms with van der Waals surface area (Å²) in [7, 11) is 0. The lowest BCUT2D eigenvalue weighted by Gasteiger charge is -2.26. The Hall–Kier alpha value is -3.71. The minimum atomic E-state index is -1.15. The number of imide groups is 1. The van der Waals surface area contributed by atoms with E-state index in [-0.39, 0.29) is 31.3 Å². The van der Waals surface area contributed by atoms with Crippen LogP contribution in [0.5, 0.6) is 0 Å². The number of aryl methyl sites for hydroxylation is 2. The number of aliphatic hydroxyl groups excluding tert-OH is 1. The first-order chi connectivity index (χ1) is 18.3. The molecule has 1 aliphatic rings. The number of nitrogens with zero attached hydrogens (tertiary/aromatic N) is 1. The number of Topliss-reactive ketones (excluding diaryl/α,β-unsaturated/α-hetero) is 1. The Morgan fingerprint density at radius 1 is 1.05 bits per heavy atom. The van der Waals surface area contributed by atoms with E-state index in [0.29, 0.717) is 25.0 Å². The Balaban J connectivity index is 1.73. The van der Waals surface area contributed by atoms with Gasteiger partial charge in [-0.25, -0.2) is 9.69 Å². The lowest BCUT2D eigenvalue weighted by Crippen LogP contribution is -2.47. The fourth-order valence-electron chi connectivity index (χ4n) is 4.85. The Kier molecular flexibility index (Phi) is 8.79. The van der Waals surface area contributed by atoms with Crippen molar-refractivity contribution in [3.8, 4) is 11.1 Å². The van der Waals surface area contributed by atoms with E-state index < -0.39 is 29.7 Å². The molecule has 2 atom stereocenters. The fraction of sp³-hybridized carbons (Fsp3) is 0.387. The highest BCUT2D eigenvalue weighted by molar-refractivity contribution is 6.12. The number of carbonyl (C=O) groups is 3. The van der Waals surface area contributed by atoms with E-state index in [1.807, 2.05) is 75.4 Å². The summed E-state index contributed by atoms with van der Waals surface area (Å²) in [6.07, 6.45) is 1.26. The van der Waals surface area contributed by atoms with Crippen LogP contribution in [0.1, 0.15) is 54.1 Å². The number of cyclic esters (lactones) is 1. The average Bonchev–Trinajstić information content (AvgIpc) is 3.51. The standard InChI is InChI=1S/C31H35NO6/c1-20(2)26-19-37-31(36)32(26)30(35)25(17-22-11-5-4-6-12-22)29(34)28-18-24(23-13-9-10-21(3)16-23)27(38-28)14-7-8-15-33/h4-6,9-13,16,18,20,25-26,33H,7-8,14-15,17,19H2,1-3H3/t25-,26-/m1/s1. The normalized spacial score (nSPS) is 16.1. The first-order valence-electron chi connectivity index (χ1n) is 13.2. The van der Waals surface area contributed by atoms with Crippen molar-refractivity contribution in [3.05, 3.63) is 83.3 Å². The van der Waals surface area contributed by atoms with E-state index in [2.05, 4.69) is 0 Å². The Bertz CT molecular complexity index is 1280. The van der Waals surface area contributed by atoms with Gasteiger partial charge in [-0.2, -0.15) is 0 Å². The SMILES string of the molecule is Cc1cccc(-c2cc(C(=O)[C@@H](Cc3ccccc3)C(=O)N3C(=O)OC[C@@H]3C(C)C)oc2CCCCO)c1. The number of unbranched alkanes of at least 4 members (excludes halogenated alkanes) is 1. The third-order valence-corrected chi connectivity index (χ3v) is 7.00. The van der Waals surface area contributed by atoms with Crippen molar-refractivity contribution < 1.29 is 28.6 Å². The quantitative estimate of drug-likeness (QED) is 0.202. The fourth-order valence-corrected chi connectivity index (χ4v) is 4.85. The van der Waals surface area contributed by atoms with E-state index in [9.17, 15) is 19.5 Å². The third-order valence-electron chi connectivity index (χ3n) is 7.00. The average molecular weight is 518 g/mol. The van der Waals surface area contributed by atoms with Crippen molar-refractivity contribution in [3.63, 3.8) is 0 Å². The number of furan rings is 1. The molecule has 0 spiro atoms. The molecule has 200 valence electrons. The van der Waals surface area contributed by atoms with Crippen LogP contribution in [0.2, 0.25) is 0 Å². The van der Waals surface area contributed by atoms with Gasteiger partial charge >= 0.3 is 6.09 Å². The summed E-state index contributed by atoms with van der Waals surface area (Å²) >= 11 is 0. The third kappa shape index (κ3) is 6.05. The van der Waals surface area contributed by atoms with Gasteiger partial charge in [0.15, 0.2) is 5.76 Å². The molecule has 7 nitrogen and oxygen atoms in total. The van der Waals surface area contributed by atoms with Crippen molar-refractivity contribution in [1.82, 2.24) is 4.90 Å². The van der Waals surface area contributed by atoms with E-state index in [1.54, 1.807) is 6.07 Å². The molecule has 1 fully saturated rings. The largest absolute Gasteiger partial charge is 0.457 e. The van der Waals surface area contributed by atoms with Crippen molar-refractivity contribution in [2.75, 3.05) is 13.2 Å².